The fourth-order valence-corrected chi connectivity index (χ4v) is 4.66. The molecule has 4 rings (SSSR count). The molecule has 2 heteroatoms. The lowest BCUT2D eigenvalue weighted by Crippen LogP contribution is -2.36. The SMILES string of the molecule is O=C(CC1CCCC1N1CCCC1)c1ccccc1C1CC1. The fraction of sp³-hybridized carbons (Fsp3) is 0.650. The summed E-state index contributed by atoms with van der Waals surface area (Å²) >= 11 is 0. The first kappa shape index (κ1) is 14.4. The van der Waals surface area contributed by atoms with Gasteiger partial charge in [0.2, 0.25) is 0 Å². The standard InChI is InChI=1S/C20H27NO/c22-20(18-8-2-1-7-17(18)15-10-11-15)14-16-6-5-9-19(16)21-12-3-4-13-21/h1-2,7-8,15-16,19H,3-6,9-14H2. The molecule has 1 aliphatic heterocycles. The number of hydrogen-bond acceptors (Lipinski definition) is 2. The van der Waals surface area contributed by atoms with E-state index in [1.807, 2.05) is 6.07 Å². The van der Waals surface area contributed by atoms with Crippen molar-refractivity contribution in [2.45, 2.75) is 63.3 Å². The smallest absolute Gasteiger partial charge is 0.163 e. The summed E-state index contributed by atoms with van der Waals surface area (Å²) in [6.45, 7) is 2.52. The van der Waals surface area contributed by atoms with Gasteiger partial charge in [-0.2, -0.15) is 0 Å². The molecule has 3 aliphatic rings. The molecule has 1 saturated heterocycles. The molecule has 0 amide bonds. The highest BCUT2D eigenvalue weighted by Gasteiger charge is 2.35. The summed E-state index contributed by atoms with van der Waals surface area (Å²) in [5.74, 6) is 1.66. The number of benzene rings is 1. The number of hydrogen-bond donors (Lipinski definition) is 0. The Labute approximate surface area is 133 Å². The van der Waals surface area contributed by atoms with Gasteiger partial charge in [0, 0.05) is 18.0 Å². The predicted octanol–water partition coefficient (Wildman–Crippen LogP) is 4.40. The summed E-state index contributed by atoms with van der Waals surface area (Å²) in [4.78, 5) is 15.6. The Hall–Kier alpha value is -1.15. The molecule has 0 spiro atoms. The molecule has 2 unspecified atom stereocenters. The van der Waals surface area contributed by atoms with Crippen LogP contribution in [0.5, 0.6) is 0 Å². The Kier molecular flexibility index (Phi) is 4.04. The molecule has 2 nitrogen and oxygen atoms in total. The molecule has 3 fully saturated rings. The molecule has 2 atom stereocenters. The minimum absolute atomic E-state index is 0.401. The van der Waals surface area contributed by atoms with Gasteiger partial charge in [0.05, 0.1) is 0 Å². The maximum absolute atomic E-state index is 12.9. The van der Waals surface area contributed by atoms with Gasteiger partial charge in [-0.25, -0.2) is 0 Å². The Morgan fingerprint density at radius 3 is 2.55 bits per heavy atom. The van der Waals surface area contributed by atoms with E-state index in [2.05, 4.69) is 23.1 Å². The summed E-state index contributed by atoms with van der Waals surface area (Å²) in [5, 5.41) is 0. The molecule has 0 radical (unpaired) electrons. The highest BCUT2D eigenvalue weighted by Crippen LogP contribution is 2.42. The van der Waals surface area contributed by atoms with E-state index in [4.69, 9.17) is 0 Å². The first-order chi connectivity index (χ1) is 10.8. The quantitative estimate of drug-likeness (QED) is 0.751. The molecular formula is C20H27NO. The van der Waals surface area contributed by atoms with Crippen molar-refractivity contribution in [3.63, 3.8) is 0 Å². The van der Waals surface area contributed by atoms with Crippen LogP contribution < -0.4 is 0 Å². The van der Waals surface area contributed by atoms with Gasteiger partial charge in [-0.1, -0.05) is 30.7 Å². The second-order valence-corrected chi connectivity index (χ2v) is 7.49. The zero-order chi connectivity index (χ0) is 14.9. The van der Waals surface area contributed by atoms with Crippen LogP contribution in [0, 0.1) is 5.92 Å². The van der Waals surface area contributed by atoms with Gasteiger partial charge in [-0.05, 0) is 69.0 Å². The van der Waals surface area contributed by atoms with Crippen LogP contribution in [0.15, 0.2) is 24.3 Å². The molecule has 0 bridgehead atoms. The minimum Gasteiger partial charge on any atom is -0.300 e. The summed E-state index contributed by atoms with van der Waals surface area (Å²) in [5.41, 5.74) is 2.35. The first-order valence-electron chi connectivity index (χ1n) is 9.19. The summed E-state index contributed by atoms with van der Waals surface area (Å²) in [6, 6.07) is 9.05. The van der Waals surface area contributed by atoms with E-state index in [1.165, 1.54) is 63.6 Å². The monoisotopic (exact) mass is 297 g/mol. The van der Waals surface area contributed by atoms with Crippen molar-refractivity contribution < 1.29 is 4.79 Å². The van der Waals surface area contributed by atoms with Gasteiger partial charge in [0.25, 0.3) is 0 Å². The molecule has 0 N–H and O–H groups in total. The van der Waals surface area contributed by atoms with E-state index >= 15 is 0 Å². The average molecular weight is 297 g/mol. The molecule has 1 aromatic carbocycles. The van der Waals surface area contributed by atoms with Crippen molar-refractivity contribution in [1.29, 1.82) is 0 Å². The number of nitrogens with zero attached hydrogens (tertiary/aromatic N) is 1. The number of likely N-dealkylation sites (tertiary alicyclic amines) is 1. The van der Waals surface area contributed by atoms with E-state index < -0.39 is 0 Å². The molecule has 118 valence electrons. The largest absolute Gasteiger partial charge is 0.300 e. The average Bonchev–Trinajstić information content (AvgIpc) is 3.05. The molecule has 22 heavy (non-hydrogen) atoms. The lowest BCUT2D eigenvalue weighted by atomic mass is 9.90. The van der Waals surface area contributed by atoms with Crippen LogP contribution in [0.2, 0.25) is 0 Å². The van der Waals surface area contributed by atoms with E-state index in [0.29, 0.717) is 23.7 Å². The highest BCUT2D eigenvalue weighted by atomic mass is 16.1. The van der Waals surface area contributed by atoms with Gasteiger partial charge in [-0.3, -0.25) is 4.79 Å². The maximum atomic E-state index is 12.9. The van der Waals surface area contributed by atoms with Gasteiger partial charge in [0.15, 0.2) is 5.78 Å². The van der Waals surface area contributed by atoms with Crippen molar-refractivity contribution in [2.75, 3.05) is 13.1 Å². The molecular weight excluding hydrogens is 270 g/mol. The highest BCUT2D eigenvalue weighted by molar-refractivity contribution is 5.98. The van der Waals surface area contributed by atoms with Crippen LogP contribution >= 0.6 is 0 Å². The van der Waals surface area contributed by atoms with Crippen molar-refractivity contribution in [3.05, 3.63) is 35.4 Å². The molecule has 2 aliphatic carbocycles. The van der Waals surface area contributed by atoms with Crippen LogP contribution in [0.3, 0.4) is 0 Å². The third kappa shape index (κ3) is 2.86. The Balaban J connectivity index is 1.47. The van der Waals surface area contributed by atoms with Crippen molar-refractivity contribution in [1.82, 2.24) is 4.90 Å². The fourth-order valence-electron chi connectivity index (χ4n) is 4.66. The molecule has 0 aromatic heterocycles. The van der Waals surface area contributed by atoms with Gasteiger partial charge in [-0.15, -0.1) is 0 Å². The number of ketones is 1. The summed E-state index contributed by atoms with van der Waals surface area (Å²) in [6.07, 6.45) is 9.87. The first-order valence-corrected chi connectivity index (χ1v) is 9.19. The number of rotatable bonds is 5. The van der Waals surface area contributed by atoms with Crippen molar-refractivity contribution in [3.8, 4) is 0 Å². The summed E-state index contributed by atoms with van der Waals surface area (Å²) < 4.78 is 0. The van der Waals surface area contributed by atoms with Crippen LogP contribution in [-0.2, 0) is 0 Å². The third-order valence-electron chi connectivity index (χ3n) is 5.95. The zero-order valence-electron chi connectivity index (χ0n) is 13.5. The third-order valence-corrected chi connectivity index (χ3v) is 5.95. The molecule has 1 heterocycles. The number of Topliss-reactive ketones (excluding diaryl/α,β-unsaturated/α-hetero) is 1. The second-order valence-electron chi connectivity index (χ2n) is 7.49. The molecule has 1 aromatic rings. The van der Waals surface area contributed by atoms with E-state index in [9.17, 15) is 4.79 Å². The number of carbonyl (C=O) groups is 1. The Bertz CT molecular complexity index is 542. The van der Waals surface area contributed by atoms with Crippen molar-refractivity contribution in [2.24, 2.45) is 5.92 Å². The van der Waals surface area contributed by atoms with Crippen molar-refractivity contribution >= 4 is 5.78 Å². The lowest BCUT2D eigenvalue weighted by molar-refractivity contribution is 0.0929. The Morgan fingerprint density at radius 1 is 1.00 bits per heavy atom. The topological polar surface area (TPSA) is 20.3 Å². The second kappa shape index (κ2) is 6.16. The van der Waals surface area contributed by atoms with E-state index in [1.54, 1.807) is 0 Å². The normalized spacial score (nSPS) is 29.1. The lowest BCUT2D eigenvalue weighted by Gasteiger charge is -2.29. The van der Waals surface area contributed by atoms with E-state index in [-0.39, 0.29) is 0 Å². The molecule has 2 saturated carbocycles. The van der Waals surface area contributed by atoms with Gasteiger partial charge >= 0.3 is 0 Å². The van der Waals surface area contributed by atoms with Crippen LogP contribution in [-0.4, -0.2) is 29.8 Å². The minimum atomic E-state index is 0.401. The number of carbonyl (C=O) groups excluding carboxylic acids is 1. The van der Waals surface area contributed by atoms with Crippen LogP contribution in [0.4, 0.5) is 0 Å². The maximum Gasteiger partial charge on any atom is 0.163 e. The van der Waals surface area contributed by atoms with Gasteiger partial charge in [0.1, 0.15) is 0 Å². The van der Waals surface area contributed by atoms with Crippen LogP contribution in [0.1, 0.15) is 73.2 Å². The van der Waals surface area contributed by atoms with E-state index in [0.717, 1.165) is 12.0 Å². The zero-order valence-corrected chi connectivity index (χ0v) is 13.5. The predicted molar refractivity (Wildman–Crippen MR) is 89.3 cm³/mol. The summed E-state index contributed by atoms with van der Waals surface area (Å²) in [7, 11) is 0. The Morgan fingerprint density at radius 2 is 1.77 bits per heavy atom. The van der Waals surface area contributed by atoms with Gasteiger partial charge < -0.3 is 4.90 Å². The van der Waals surface area contributed by atoms with Crippen LogP contribution in [0.25, 0.3) is 0 Å².